The number of likely N-dealkylation sites (N-methyl/N-ethyl adjacent to an activating group) is 1. The number of aryl methyl sites for hydroxylation is 1. The highest BCUT2D eigenvalue weighted by molar-refractivity contribution is 7.89. The molecule has 0 aromatic carbocycles. The van der Waals surface area contributed by atoms with Crippen LogP contribution in [-0.2, 0) is 16.4 Å². The first-order valence-corrected chi connectivity index (χ1v) is 7.38. The summed E-state index contributed by atoms with van der Waals surface area (Å²) < 4.78 is 25.4. The third kappa shape index (κ3) is 3.76. The molecule has 0 atom stereocenters. The molecule has 5 nitrogen and oxygen atoms in total. The summed E-state index contributed by atoms with van der Waals surface area (Å²) >= 11 is 0. The molecule has 0 bridgehead atoms. The number of aromatic nitrogens is 1. The lowest BCUT2D eigenvalue weighted by atomic mass is 10.1. The van der Waals surface area contributed by atoms with E-state index in [0.29, 0.717) is 6.42 Å². The topological polar surface area (TPSA) is 70.5 Å². The van der Waals surface area contributed by atoms with E-state index in [1.54, 1.807) is 32.2 Å². The van der Waals surface area contributed by atoms with Gasteiger partial charge in [-0.25, -0.2) is 8.42 Å². The zero-order chi connectivity index (χ0) is 13.8. The Balaban J connectivity index is 2.71. The molecule has 1 aromatic heterocycles. The van der Waals surface area contributed by atoms with Crippen LogP contribution in [0.3, 0.4) is 0 Å². The second-order valence-corrected chi connectivity index (χ2v) is 6.94. The van der Waals surface area contributed by atoms with Crippen molar-refractivity contribution in [3.05, 3.63) is 30.1 Å². The van der Waals surface area contributed by atoms with E-state index >= 15 is 0 Å². The molecule has 0 unspecified atom stereocenters. The van der Waals surface area contributed by atoms with E-state index in [-0.39, 0.29) is 12.4 Å². The van der Waals surface area contributed by atoms with Gasteiger partial charge in [-0.3, -0.25) is 4.98 Å². The Kier molecular flexibility index (Phi) is 4.84. The quantitative estimate of drug-likeness (QED) is 0.825. The number of nitrogens with zero attached hydrogens (tertiary/aromatic N) is 2. The summed E-state index contributed by atoms with van der Waals surface area (Å²) in [7, 11) is -1.90. The molecule has 0 spiro atoms. The minimum atomic E-state index is -3.39. The molecule has 102 valence electrons. The second-order valence-electron chi connectivity index (χ2n) is 4.83. The molecule has 0 saturated heterocycles. The molecule has 1 N–H and O–H groups in total. The van der Waals surface area contributed by atoms with E-state index in [9.17, 15) is 13.5 Å². The average Bonchev–Trinajstić information content (AvgIpc) is 2.37. The van der Waals surface area contributed by atoms with Gasteiger partial charge in [0.1, 0.15) is 0 Å². The monoisotopic (exact) mass is 272 g/mol. The molecule has 0 saturated carbocycles. The number of rotatable bonds is 6. The average molecular weight is 272 g/mol. The van der Waals surface area contributed by atoms with Crippen molar-refractivity contribution in [2.45, 2.75) is 25.8 Å². The van der Waals surface area contributed by atoms with Gasteiger partial charge in [0.15, 0.2) is 0 Å². The fraction of sp³-hybridized carbons (Fsp3) is 0.583. The molecular weight excluding hydrogens is 252 g/mol. The Morgan fingerprint density at radius 2 is 2.06 bits per heavy atom. The molecule has 1 aromatic rings. The fourth-order valence-electron chi connectivity index (χ4n) is 1.39. The van der Waals surface area contributed by atoms with Gasteiger partial charge in [0.25, 0.3) is 0 Å². The van der Waals surface area contributed by atoms with Gasteiger partial charge in [-0.2, -0.15) is 4.31 Å². The normalized spacial score (nSPS) is 12.9. The van der Waals surface area contributed by atoms with Crippen molar-refractivity contribution in [3.63, 3.8) is 0 Å². The zero-order valence-corrected chi connectivity index (χ0v) is 11.8. The van der Waals surface area contributed by atoms with Crippen molar-refractivity contribution in [1.82, 2.24) is 9.29 Å². The largest absolute Gasteiger partial charge is 0.394 e. The van der Waals surface area contributed by atoms with E-state index in [1.807, 2.05) is 6.07 Å². The lowest BCUT2D eigenvalue weighted by molar-refractivity contribution is 0.138. The number of pyridine rings is 1. The fourth-order valence-corrected chi connectivity index (χ4v) is 2.94. The van der Waals surface area contributed by atoms with Crippen LogP contribution in [0.25, 0.3) is 0 Å². The van der Waals surface area contributed by atoms with Gasteiger partial charge in [0.05, 0.1) is 17.9 Å². The number of hydrogen-bond acceptors (Lipinski definition) is 4. The number of aliphatic hydroxyl groups excluding tert-OH is 1. The molecule has 18 heavy (non-hydrogen) atoms. The highest BCUT2D eigenvalue weighted by atomic mass is 32.2. The van der Waals surface area contributed by atoms with Crippen LogP contribution in [0.5, 0.6) is 0 Å². The Morgan fingerprint density at radius 1 is 1.39 bits per heavy atom. The first kappa shape index (κ1) is 15.1. The predicted molar refractivity (Wildman–Crippen MR) is 70.7 cm³/mol. The van der Waals surface area contributed by atoms with Crippen LogP contribution in [0.1, 0.15) is 19.5 Å². The van der Waals surface area contributed by atoms with Gasteiger partial charge in [-0.15, -0.1) is 0 Å². The summed E-state index contributed by atoms with van der Waals surface area (Å²) in [6.45, 7) is 3.16. The van der Waals surface area contributed by atoms with Crippen molar-refractivity contribution < 1.29 is 13.5 Å². The Bertz CT molecular complexity index is 471. The smallest absolute Gasteiger partial charge is 0.214 e. The van der Waals surface area contributed by atoms with Crippen LogP contribution in [0.15, 0.2) is 24.4 Å². The van der Waals surface area contributed by atoms with Crippen molar-refractivity contribution >= 4 is 10.0 Å². The molecular formula is C12H20N2O3S. The standard InChI is InChI=1S/C12H20N2O3S/c1-12(2,10-15)14(3)18(16,17)9-7-11-6-4-5-8-13-11/h4-6,8,15H,7,9-10H2,1-3H3. The third-order valence-electron chi connectivity index (χ3n) is 3.00. The molecule has 6 heteroatoms. The summed E-state index contributed by atoms with van der Waals surface area (Å²) in [4.78, 5) is 4.09. The highest BCUT2D eigenvalue weighted by Gasteiger charge is 2.31. The number of hydrogen-bond donors (Lipinski definition) is 1. The lowest BCUT2D eigenvalue weighted by Crippen LogP contribution is -2.48. The van der Waals surface area contributed by atoms with Crippen LogP contribution in [0.2, 0.25) is 0 Å². The molecule has 0 aliphatic heterocycles. The van der Waals surface area contributed by atoms with E-state index < -0.39 is 15.6 Å². The Labute approximate surface area is 109 Å². The van der Waals surface area contributed by atoms with E-state index in [2.05, 4.69) is 4.98 Å². The maximum Gasteiger partial charge on any atom is 0.214 e. The molecule has 0 amide bonds. The molecule has 1 heterocycles. The minimum absolute atomic E-state index is 0.00998. The van der Waals surface area contributed by atoms with Gasteiger partial charge in [-0.1, -0.05) is 6.07 Å². The molecule has 0 fully saturated rings. The van der Waals surface area contributed by atoms with Crippen LogP contribution < -0.4 is 0 Å². The van der Waals surface area contributed by atoms with E-state index in [1.165, 1.54) is 11.4 Å². The van der Waals surface area contributed by atoms with E-state index in [4.69, 9.17) is 0 Å². The summed E-state index contributed by atoms with van der Waals surface area (Å²) in [5.41, 5.74) is -0.0422. The SMILES string of the molecule is CN(C(C)(C)CO)S(=O)(=O)CCc1ccccn1. The summed E-state index contributed by atoms with van der Waals surface area (Å²) in [6, 6.07) is 5.42. The maximum atomic E-state index is 12.1. The van der Waals surface area contributed by atoms with Gasteiger partial charge in [0.2, 0.25) is 10.0 Å². The molecule has 0 aliphatic carbocycles. The summed E-state index contributed by atoms with van der Waals surface area (Å²) in [6.07, 6.45) is 2.01. The van der Waals surface area contributed by atoms with Crippen molar-refractivity contribution in [2.75, 3.05) is 19.4 Å². The summed E-state index contributed by atoms with van der Waals surface area (Å²) in [5.74, 6) is -0.00998. The molecule has 1 rings (SSSR count). The number of sulfonamides is 1. The summed E-state index contributed by atoms with van der Waals surface area (Å²) in [5, 5.41) is 9.19. The number of aliphatic hydroxyl groups is 1. The second kappa shape index (κ2) is 5.77. The first-order chi connectivity index (χ1) is 8.29. The van der Waals surface area contributed by atoms with Gasteiger partial charge in [0, 0.05) is 25.4 Å². The van der Waals surface area contributed by atoms with E-state index in [0.717, 1.165) is 5.69 Å². The van der Waals surface area contributed by atoms with Crippen molar-refractivity contribution in [3.8, 4) is 0 Å². The maximum absolute atomic E-state index is 12.1. The van der Waals surface area contributed by atoms with Crippen molar-refractivity contribution in [2.24, 2.45) is 0 Å². The highest BCUT2D eigenvalue weighted by Crippen LogP contribution is 2.16. The van der Waals surface area contributed by atoms with Gasteiger partial charge < -0.3 is 5.11 Å². The predicted octanol–water partition coefficient (Wildman–Crippen LogP) is 0.657. The van der Waals surface area contributed by atoms with Crippen LogP contribution in [-0.4, -0.2) is 47.8 Å². The Hall–Kier alpha value is -0.980. The first-order valence-electron chi connectivity index (χ1n) is 5.77. The lowest BCUT2D eigenvalue weighted by Gasteiger charge is -2.32. The Morgan fingerprint density at radius 3 is 2.56 bits per heavy atom. The minimum Gasteiger partial charge on any atom is -0.394 e. The molecule has 0 radical (unpaired) electrons. The van der Waals surface area contributed by atoms with Gasteiger partial charge in [-0.05, 0) is 26.0 Å². The molecule has 0 aliphatic rings. The van der Waals surface area contributed by atoms with Crippen LogP contribution in [0, 0.1) is 0 Å². The van der Waals surface area contributed by atoms with Crippen LogP contribution in [0.4, 0.5) is 0 Å². The zero-order valence-electron chi connectivity index (χ0n) is 11.0. The van der Waals surface area contributed by atoms with Crippen LogP contribution >= 0.6 is 0 Å². The third-order valence-corrected chi connectivity index (χ3v) is 5.05. The van der Waals surface area contributed by atoms with Gasteiger partial charge >= 0.3 is 0 Å². The van der Waals surface area contributed by atoms with Crippen molar-refractivity contribution in [1.29, 1.82) is 0 Å².